The molecule has 8 heteroatoms. The number of para-hydroxylation sites is 2. The third-order valence-corrected chi connectivity index (χ3v) is 6.39. The van der Waals surface area contributed by atoms with Crippen molar-refractivity contribution >= 4 is 27.3 Å². The molecule has 1 N–H and O–H groups in total. The van der Waals surface area contributed by atoms with Gasteiger partial charge in [-0.2, -0.15) is 0 Å². The number of anilines is 2. The first kappa shape index (κ1) is 20.0. The first-order valence-corrected chi connectivity index (χ1v) is 10.7. The SMILES string of the molecule is CCS(=O)(=O)N1CC(C(=O)NCc2ccc(N(C)C)cc2)Oc2ccccc21. The molecule has 0 fully saturated rings. The van der Waals surface area contributed by atoms with E-state index >= 15 is 0 Å². The summed E-state index contributed by atoms with van der Waals surface area (Å²) in [6.07, 6.45) is -0.905. The second-order valence-corrected chi connectivity index (χ2v) is 8.97. The maximum Gasteiger partial charge on any atom is 0.263 e. The standard InChI is InChI=1S/C20H25N3O4S/c1-4-28(25,26)23-14-19(27-18-8-6-5-7-17(18)23)20(24)21-13-15-9-11-16(12-10-15)22(2)3/h5-12,19H,4,13-14H2,1-3H3,(H,21,24). The monoisotopic (exact) mass is 403 g/mol. The van der Waals surface area contributed by atoms with Crippen LogP contribution in [0.3, 0.4) is 0 Å². The largest absolute Gasteiger partial charge is 0.476 e. The lowest BCUT2D eigenvalue weighted by Gasteiger charge is -2.34. The zero-order valence-electron chi connectivity index (χ0n) is 16.3. The number of sulfonamides is 1. The summed E-state index contributed by atoms with van der Waals surface area (Å²) in [5.74, 6) is -0.00258. The molecule has 150 valence electrons. The van der Waals surface area contributed by atoms with Crippen molar-refractivity contribution in [2.45, 2.75) is 19.6 Å². The van der Waals surface area contributed by atoms with Crippen molar-refractivity contribution in [2.24, 2.45) is 0 Å². The molecule has 28 heavy (non-hydrogen) atoms. The Balaban J connectivity index is 1.72. The minimum absolute atomic E-state index is 0.0431. The molecule has 1 atom stereocenters. The van der Waals surface area contributed by atoms with Crippen LogP contribution >= 0.6 is 0 Å². The van der Waals surface area contributed by atoms with Gasteiger partial charge in [-0.1, -0.05) is 24.3 Å². The predicted molar refractivity (Wildman–Crippen MR) is 110 cm³/mol. The molecule has 0 aliphatic carbocycles. The number of carbonyl (C=O) groups is 1. The highest BCUT2D eigenvalue weighted by Crippen LogP contribution is 2.35. The highest BCUT2D eigenvalue weighted by atomic mass is 32.2. The van der Waals surface area contributed by atoms with E-state index in [-0.39, 0.29) is 18.2 Å². The fourth-order valence-electron chi connectivity index (χ4n) is 2.97. The number of amides is 1. The fourth-order valence-corrected chi connectivity index (χ4v) is 4.10. The van der Waals surface area contributed by atoms with Crippen LogP contribution in [-0.4, -0.2) is 46.8 Å². The zero-order chi connectivity index (χ0) is 20.3. The van der Waals surface area contributed by atoms with Gasteiger partial charge in [0, 0.05) is 26.3 Å². The molecular weight excluding hydrogens is 378 g/mol. The molecule has 1 aliphatic heterocycles. The van der Waals surface area contributed by atoms with Gasteiger partial charge in [-0.3, -0.25) is 9.10 Å². The van der Waals surface area contributed by atoms with Crippen LogP contribution in [0.4, 0.5) is 11.4 Å². The number of nitrogens with zero attached hydrogens (tertiary/aromatic N) is 2. The number of ether oxygens (including phenoxy) is 1. The van der Waals surface area contributed by atoms with E-state index < -0.39 is 16.1 Å². The van der Waals surface area contributed by atoms with Crippen LogP contribution < -0.4 is 19.3 Å². The normalized spacial score (nSPS) is 16.1. The van der Waals surface area contributed by atoms with Crippen LogP contribution in [0.25, 0.3) is 0 Å². The van der Waals surface area contributed by atoms with Crippen molar-refractivity contribution < 1.29 is 17.9 Å². The molecule has 0 aromatic heterocycles. The molecule has 2 aromatic carbocycles. The first-order chi connectivity index (χ1) is 13.3. The molecule has 3 rings (SSSR count). The lowest BCUT2D eigenvalue weighted by Crippen LogP contribution is -2.50. The summed E-state index contributed by atoms with van der Waals surface area (Å²) >= 11 is 0. The molecule has 0 radical (unpaired) electrons. The maximum absolute atomic E-state index is 12.7. The van der Waals surface area contributed by atoms with Crippen molar-refractivity contribution in [3.8, 4) is 5.75 Å². The van der Waals surface area contributed by atoms with E-state index in [1.54, 1.807) is 31.2 Å². The smallest absolute Gasteiger partial charge is 0.263 e. The number of hydrogen-bond acceptors (Lipinski definition) is 5. The summed E-state index contributed by atoms with van der Waals surface area (Å²) in [6.45, 7) is 1.88. The van der Waals surface area contributed by atoms with Gasteiger partial charge < -0.3 is 15.0 Å². The molecule has 1 amide bonds. The summed E-state index contributed by atoms with van der Waals surface area (Å²) in [4.78, 5) is 14.6. The van der Waals surface area contributed by atoms with Crippen molar-refractivity contribution in [1.29, 1.82) is 0 Å². The third kappa shape index (κ3) is 4.22. The quantitative estimate of drug-likeness (QED) is 0.798. The summed E-state index contributed by atoms with van der Waals surface area (Å²) in [7, 11) is 0.414. The van der Waals surface area contributed by atoms with Crippen LogP contribution in [0.15, 0.2) is 48.5 Å². The Morgan fingerprint density at radius 1 is 1.18 bits per heavy atom. The van der Waals surface area contributed by atoms with Gasteiger partial charge in [-0.15, -0.1) is 0 Å². The van der Waals surface area contributed by atoms with Crippen LogP contribution in [0.5, 0.6) is 5.75 Å². The number of carbonyl (C=O) groups excluding carboxylic acids is 1. The summed E-state index contributed by atoms with van der Waals surface area (Å²) in [5.41, 5.74) is 2.49. The van der Waals surface area contributed by atoms with Crippen LogP contribution in [-0.2, 0) is 21.4 Å². The van der Waals surface area contributed by atoms with E-state index in [4.69, 9.17) is 4.74 Å². The Labute approximate surface area is 166 Å². The Kier molecular flexibility index (Phi) is 5.79. The fraction of sp³-hybridized carbons (Fsp3) is 0.350. The molecule has 2 aromatic rings. The lowest BCUT2D eigenvalue weighted by molar-refractivity contribution is -0.127. The van der Waals surface area contributed by atoms with Crippen molar-refractivity contribution in [2.75, 3.05) is 35.6 Å². The maximum atomic E-state index is 12.7. The van der Waals surface area contributed by atoms with Gasteiger partial charge in [0.2, 0.25) is 10.0 Å². The molecule has 1 unspecified atom stereocenters. The second kappa shape index (κ2) is 8.10. The molecule has 0 saturated heterocycles. The molecule has 0 saturated carbocycles. The molecular formula is C20H25N3O4S. The van der Waals surface area contributed by atoms with E-state index in [1.165, 1.54) is 4.31 Å². The third-order valence-electron chi connectivity index (χ3n) is 4.65. The van der Waals surface area contributed by atoms with Gasteiger partial charge in [-0.05, 0) is 36.8 Å². The van der Waals surface area contributed by atoms with Gasteiger partial charge in [0.1, 0.15) is 5.75 Å². The minimum atomic E-state index is -3.51. The van der Waals surface area contributed by atoms with Gasteiger partial charge in [0.15, 0.2) is 6.10 Å². The summed E-state index contributed by atoms with van der Waals surface area (Å²) < 4.78 is 32.0. The highest BCUT2D eigenvalue weighted by molar-refractivity contribution is 7.92. The average Bonchev–Trinajstić information content (AvgIpc) is 2.71. The number of fused-ring (bicyclic) bond motifs is 1. The second-order valence-electron chi connectivity index (χ2n) is 6.78. The number of rotatable bonds is 6. The molecule has 1 aliphatic rings. The van der Waals surface area contributed by atoms with Gasteiger partial charge in [0.25, 0.3) is 5.91 Å². The molecule has 1 heterocycles. The molecule has 0 bridgehead atoms. The Morgan fingerprint density at radius 3 is 2.50 bits per heavy atom. The predicted octanol–water partition coefficient (Wildman–Crippen LogP) is 1.99. The van der Waals surface area contributed by atoms with Crippen molar-refractivity contribution in [3.63, 3.8) is 0 Å². The Bertz CT molecular complexity index is 942. The van der Waals surface area contributed by atoms with Crippen LogP contribution in [0, 0.1) is 0 Å². The van der Waals surface area contributed by atoms with Crippen molar-refractivity contribution in [3.05, 3.63) is 54.1 Å². The Hall–Kier alpha value is -2.74. The number of nitrogens with one attached hydrogen (secondary N) is 1. The van der Waals surface area contributed by atoms with Crippen LogP contribution in [0.1, 0.15) is 12.5 Å². The van der Waals surface area contributed by atoms with E-state index in [9.17, 15) is 13.2 Å². The Morgan fingerprint density at radius 2 is 1.86 bits per heavy atom. The summed E-state index contributed by atoms with van der Waals surface area (Å²) in [6, 6.07) is 14.7. The average molecular weight is 404 g/mol. The highest BCUT2D eigenvalue weighted by Gasteiger charge is 2.35. The topological polar surface area (TPSA) is 79.0 Å². The first-order valence-electron chi connectivity index (χ1n) is 9.12. The lowest BCUT2D eigenvalue weighted by atomic mass is 10.2. The van der Waals surface area contributed by atoms with E-state index in [1.807, 2.05) is 43.3 Å². The van der Waals surface area contributed by atoms with Crippen molar-refractivity contribution in [1.82, 2.24) is 5.32 Å². The van der Waals surface area contributed by atoms with E-state index in [0.29, 0.717) is 18.0 Å². The minimum Gasteiger partial charge on any atom is -0.476 e. The molecule has 7 nitrogen and oxygen atoms in total. The van der Waals surface area contributed by atoms with E-state index in [2.05, 4.69) is 5.32 Å². The van der Waals surface area contributed by atoms with Gasteiger partial charge in [0.05, 0.1) is 18.0 Å². The number of benzene rings is 2. The van der Waals surface area contributed by atoms with E-state index in [0.717, 1.165) is 11.3 Å². The summed E-state index contributed by atoms with van der Waals surface area (Å²) in [5, 5.41) is 2.84. The molecule has 0 spiro atoms. The number of hydrogen-bond donors (Lipinski definition) is 1. The van der Waals surface area contributed by atoms with Gasteiger partial charge in [-0.25, -0.2) is 8.42 Å². The van der Waals surface area contributed by atoms with Gasteiger partial charge >= 0.3 is 0 Å². The van der Waals surface area contributed by atoms with Crippen LogP contribution in [0.2, 0.25) is 0 Å². The zero-order valence-corrected chi connectivity index (χ0v) is 17.1.